The van der Waals surface area contributed by atoms with Crippen LogP contribution in [0.4, 0.5) is 5.95 Å². The Morgan fingerprint density at radius 3 is 2.92 bits per heavy atom. The molecule has 4 rings (SSSR count). The Kier molecular flexibility index (Phi) is 4.24. The summed E-state index contributed by atoms with van der Waals surface area (Å²) in [6.45, 7) is 0. The highest BCUT2D eigenvalue weighted by Crippen LogP contribution is 2.35. The molecule has 2 aromatic heterocycles. The highest BCUT2D eigenvalue weighted by atomic mass is 35.5. The molecule has 136 valence electrons. The summed E-state index contributed by atoms with van der Waals surface area (Å²) in [5.74, 6) is 1.02. The quantitative estimate of drug-likeness (QED) is 0.670. The van der Waals surface area contributed by atoms with Crippen molar-refractivity contribution in [2.24, 2.45) is 5.92 Å². The Hall–Kier alpha value is -2.32. The van der Waals surface area contributed by atoms with Gasteiger partial charge in [-0.15, -0.1) is 0 Å². The van der Waals surface area contributed by atoms with Crippen LogP contribution in [0, 0.1) is 5.92 Å². The van der Waals surface area contributed by atoms with Gasteiger partial charge in [-0.2, -0.15) is 4.98 Å². The third-order valence-corrected chi connectivity index (χ3v) is 5.95. The number of benzene rings is 1. The number of nitrogens with zero attached hydrogens (tertiary/aromatic N) is 2. The Labute approximate surface area is 155 Å². The molecule has 1 aromatic carbocycles. The van der Waals surface area contributed by atoms with E-state index in [0.717, 1.165) is 12.0 Å². The monoisotopic (exact) mass is 392 g/mol. The van der Waals surface area contributed by atoms with Gasteiger partial charge in [0.25, 0.3) is 10.0 Å². The van der Waals surface area contributed by atoms with Crippen molar-refractivity contribution in [1.29, 1.82) is 0 Å². The molecular formula is C17H17ClN4O3S. The highest BCUT2D eigenvalue weighted by molar-refractivity contribution is 7.93. The molecule has 1 fully saturated rings. The zero-order chi connectivity index (χ0) is 18.3. The molecule has 9 heteroatoms. The lowest BCUT2D eigenvalue weighted by Gasteiger charge is -2.10. The molecule has 0 amide bonds. The molecule has 0 saturated heterocycles. The summed E-state index contributed by atoms with van der Waals surface area (Å²) in [5, 5.41) is 1.06. The lowest BCUT2D eigenvalue weighted by Crippen LogP contribution is -2.15. The van der Waals surface area contributed by atoms with Crippen LogP contribution in [0.1, 0.15) is 18.4 Å². The molecule has 0 unspecified atom stereocenters. The van der Waals surface area contributed by atoms with Crippen LogP contribution in [-0.4, -0.2) is 30.5 Å². The molecule has 0 aliphatic heterocycles. The van der Waals surface area contributed by atoms with Crippen LogP contribution in [0.5, 0.6) is 5.88 Å². The predicted molar refractivity (Wildman–Crippen MR) is 99.1 cm³/mol. The smallest absolute Gasteiger partial charge is 0.266 e. The minimum Gasteiger partial charge on any atom is -0.481 e. The lowest BCUT2D eigenvalue weighted by atomic mass is 10.1. The molecule has 7 nitrogen and oxygen atoms in total. The van der Waals surface area contributed by atoms with E-state index in [1.807, 2.05) is 0 Å². The molecule has 0 spiro atoms. The number of aromatic amines is 1. The van der Waals surface area contributed by atoms with E-state index in [-0.39, 0.29) is 10.8 Å². The minimum absolute atomic E-state index is 0.0234. The van der Waals surface area contributed by atoms with Crippen LogP contribution >= 0.6 is 11.6 Å². The van der Waals surface area contributed by atoms with Crippen LogP contribution in [-0.2, 0) is 16.4 Å². The van der Waals surface area contributed by atoms with E-state index in [9.17, 15) is 8.42 Å². The first kappa shape index (κ1) is 17.1. The van der Waals surface area contributed by atoms with Gasteiger partial charge in [-0.1, -0.05) is 11.6 Å². The van der Waals surface area contributed by atoms with Gasteiger partial charge < -0.3 is 9.72 Å². The van der Waals surface area contributed by atoms with E-state index < -0.39 is 10.0 Å². The molecule has 0 radical (unpaired) electrons. The van der Waals surface area contributed by atoms with E-state index >= 15 is 0 Å². The second kappa shape index (κ2) is 6.44. The normalized spacial score (nSPS) is 14.5. The molecule has 0 bridgehead atoms. The number of rotatable bonds is 6. The number of ether oxygens (including phenoxy) is 1. The average Bonchev–Trinajstić information content (AvgIpc) is 3.31. The number of fused-ring (bicyclic) bond motifs is 1. The molecule has 1 saturated carbocycles. The minimum atomic E-state index is -3.86. The summed E-state index contributed by atoms with van der Waals surface area (Å²) >= 11 is 5.94. The summed E-state index contributed by atoms with van der Waals surface area (Å²) < 4.78 is 33.2. The van der Waals surface area contributed by atoms with Gasteiger partial charge >= 0.3 is 0 Å². The van der Waals surface area contributed by atoms with E-state index in [1.165, 1.54) is 26.1 Å². The fraction of sp³-hybridized carbons (Fsp3) is 0.294. The highest BCUT2D eigenvalue weighted by Gasteiger charge is 2.25. The van der Waals surface area contributed by atoms with Crippen molar-refractivity contribution in [1.82, 2.24) is 15.0 Å². The summed E-state index contributed by atoms with van der Waals surface area (Å²) in [7, 11) is -2.35. The van der Waals surface area contributed by atoms with Gasteiger partial charge in [0.2, 0.25) is 11.8 Å². The van der Waals surface area contributed by atoms with Gasteiger partial charge in [-0.25, -0.2) is 18.1 Å². The maximum atomic E-state index is 12.7. The third kappa shape index (κ3) is 3.34. The van der Waals surface area contributed by atoms with Gasteiger partial charge in [0, 0.05) is 33.9 Å². The summed E-state index contributed by atoms with van der Waals surface area (Å²) in [6, 6.07) is 4.97. The number of nitrogens with one attached hydrogen (secondary N) is 2. The number of H-pyrrole nitrogens is 1. The standard InChI is InChI=1S/C17H17ClN4O3S/c1-25-16-11(6-10-2-3-10)8-20-17(21-16)22-26(23,24)15-9-19-14-7-12(18)4-5-13(14)15/h4-5,7-10,19H,2-3,6H2,1H3,(H,20,21,22). The number of sulfonamides is 1. The maximum absolute atomic E-state index is 12.7. The summed E-state index contributed by atoms with van der Waals surface area (Å²) in [4.78, 5) is 11.4. The molecule has 3 aromatic rings. The van der Waals surface area contributed by atoms with E-state index in [1.54, 1.807) is 24.4 Å². The van der Waals surface area contributed by atoms with E-state index in [4.69, 9.17) is 16.3 Å². The van der Waals surface area contributed by atoms with Crippen molar-refractivity contribution in [2.75, 3.05) is 11.8 Å². The first-order valence-electron chi connectivity index (χ1n) is 8.15. The molecule has 0 atom stereocenters. The second-order valence-corrected chi connectivity index (χ2v) is 8.41. The first-order valence-corrected chi connectivity index (χ1v) is 10.0. The van der Waals surface area contributed by atoms with Crippen molar-refractivity contribution in [3.8, 4) is 5.88 Å². The van der Waals surface area contributed by atoms with Gasteiger partial charge in [0.1, 0.15) is 4.90 Å². The number of anilines is 1. The van der Waals surface area contributed by atoms with Crippen molar-refractivity contribution < 1.29 is 13.2 Å². The van der Waals surface area contributed by atoms with Gasteiger partial charge in [0.05, 0.1) is 7.11 Å². The number of aromatic nitrogens is 3. The zero-order valence-corrected chi connectivity index (χ0v) is 15.6. The zero-order valence-electron chi connectivity index (χ0n) is 14.0. The average molecular weight is 393 g/mol. The van der Waals surface area contributed by atoms with E-state index in [0.29, 0.717) is 27.7 Å². The Balaban J connectivity index is 1.64. The summed E-state index contributed by atoms with van der Waals surface area (Å²) in [6.07, 6.45) is 6.28. The third-order valence-electron chi connectivity index (χ3n) is 4.34. The number of hydrogen-bond acceptors (Lipinski definition) is 5. The topological polar surface area (TPSA) is 97.0 Å². The van der Waals surface area contributed by atoms with Crippen molar-refractivity contribution in [3.63, 3.8) is 0 Å². The Bertz CT molecular complexity index is 1080. The lowest BCUT2D eigenvalue weighted by molar-refractivity contribution is 0.391. The molecule has 2 N–H and O–H groups in total. The van der Waals surface area contributed by atoms with Gasteiger partial charge in [-0.05, 0) is 43.4 Å². The van der Waals surface area contributed by atoms with Gasteiger partial charge in [0.15, 0.2) is 0 Å². The molecule has 1 aliphatic rings. The number of methoxy groups -OCH3 is 1. The predicted octanol–water partition coefficient (Wildman–Crippen LogP) is 3.37. The van der Waals surface area contributed by atoms with Crippen LogP contribution in [0.15, 0.2) is 35.5 Å². The van der Waals surface area contributed by atoms with Crippen LogP contribution in [0.25, 0.3) is 10.9 Å². The molecule has 26 heavy (non-hydrogen) atoms. The van der Waals surface area contributed by atoms with Gasteiger partial charge in [-0.3, -0.25) is 0 Å². The first-order chi connectivity index (χ1) is 12.5. The fourth-order valence-corrected chi connectivity index (χ4v) is 4.16. The Morgan fingerprint density at radius 1 is 1.38 bits per heavy atom. The number of halogens is 1. The van der Waals surface area contributed by atoms with Crippen molar-refractivity contribution >= 4 is 38.5 Å². The molecular weight excluding hydrogens is 376 g/mol. The van der Waals surface area contributed by atoms with Crippen LogP contribution in [0.2, 0.25) is 5.02 Å². The van der Waals surface area contributed by atoms with E-state index in [2.05, 4.69) is 19.7 Å². The Morgan fingerprint density at radius 2 is 2.19 bits per heavy atom. The fourth-order valence-electron chi connectivity index (χ4n) is 2.86. The molecule has 1 aliphatic carbocycles. The SMILES string of the molecule is COc1nc(NS(=O)(=O)c2c[nH]c3cc(Cl)ccc23)ncc1CC1CC1. The second-order valence-electron chi connectivity index (χ2n) is 6.32. The van der Waals surface area contributed by atoms with Crippen LogP contribution in [0.3, 0.4) is 0 Å². The number of hydrogen-bond donors (Lipinski definition) is 2. The molecule has 2 heterocycles. The largest absolute Gasteiger partial charge is 0.481 e. The maximum Gasteiger partial charge on any atom is 0.266 e. The summed E-state index contributed by atoms with van der Waals surface area (Å²) in [5.41, 5.74) is 1.52. The van der Waals surface area contributed by atoms with Crippen molar-refractivity contribution in [2.45, 2.75) is 24.2 Å². The van der Waals surface area contributed by atoms with Crippen LogP contribution < -0.4 is 9.46 Å². The van der Waals surface area contributed by atoms with Crippen molar-refractivity contribution in [3.05, 3.63) is 41.2 Å².